The minimum absolute atomic E-state index is 0.187. The van der Waals surface area contributed by atoms with Gasteiger partial charge in [-0.2, -0.15) is 0 Å². The van der Waals surface area contributed by atoms with E-state index in [0.29, 0.717) is 22.7 Å². The number of imide groups is 1. The van der Waals surface area contributed by atoms with E-state index in [2.05, 4.69) is 26.2 Å². The maximum Gasteiger partial charge on any atom is 0.261 e. The normalized spacial score (nSPS) is 13.3. The van der Waals surface area contributed by atoms with E-state index in [4.69, 9.17) is 0 Å². The molecule has 0 fully saturated rings. The Kier molecular flexibility index (Phi) is 4.75. The van der Waals surface area contributed by atoms with Crippen LogP contribution >= 0.6 is 27.3 Å². The quantitative estimate of drug-likeness (QED) is 0.602. The molecule has 1 aromatic heterocycles. The first-order valence-electron chi connectivity index (χ1n) is 8.34. The molecule has 0 atom stereocenters. The minimum Gasteiger partial charge on any atom is -0.302 e. The van der Waals surface area contributed by atoms with Crippen molar-refractivity contribution < 1.29 is 14.4 Å². The van der Waals surface area contributed by atoms with Crippen molar-refractivity contribution in [3.05, 3.63) is 58.1 Å². The smallest absolute Gasteiger partial charge is 0.261 e. The van der Waals surface area contributed by atoms with E-state index in [0.717, 1.165) is 14.7 Å². The summed E-state index contributed by atoms with van der Waals surface area (Å²) in [5, 5.41) is 3.33. The lowest BCUT2D eigenvalue weighted by Gasteiger charge is -2.13. The van der Waals surface area contributed by atoms with Crippen molar-refractivity contribution in [1.29, 1.82) is 0 Å². The van der Waals surface area contributed by atoms with Gasteiger partial charge in [0.05, 0.1) is 21.3 Å². The molecular weight excluding hydrogens is 430 g/mol. The first-order valence-corrected chi connectivity index (χ1v) is 9.95. The number of carbonyl (C=O) groups is 3. The second-order valence-electron chi connectivity index (χ2n) is 6.09. The Morgan fingerprint density at radius 3 is 2.70 bits per heavy atom. The number of para-hydroxylation sites is 1. The first-order chi connectivity index (χ1) is 13.0. The highest BCUT2D eigenvalue weighted by Gasteiger charge is 2.35. The average Bonchev–Trinajstić information content (AvgIpc) is 3.15. The Bertz CT molecular complexity index is 1050. The number of anilines is 1. The third kappa shape index (κ3) is 3.50. The number of aromatic nitrogens is 1. The minimum atomic E-state index is -0.317. The molecule has 1 aliphatic heterocycles. The highest BCUT2D eigenvalue weighted by Crippen LogP contribution is 2.27. The van der Waals surface area contributed by atoms with Crippen molar-refractivity contribution in [2.45, 2.75) is 12.8 Å². The van der Waals surface area contributed by atoms with Gasteiger partial charge in [-0.05, 0) is 36.8 Å². The fraction of sp³-hybridized carbons (Fsp3) is 0.158. The Morgan fingerprint density at radius 2 is 1.89 bits per heavy atom. The van der Waals surface area contributed by atoms with Gasteiger partial charge in [-0.1, -0.05) is 39.4 Å². The molecule has 27 heavy (non-hydrogen) atoms. The summed E-state index contributed by atoms with van der Waals surface area (Å²) in [7, 11) is 0. The molecule has 0 saturated carbocycles. The fourth-order valence-electron chi connectivity index (χ4n) is 2.97. The number of benzene rings is 2. The van der Waals surface area contributed by atoms with Crippen LogP contribution in [0.25, 0.3) is 10.2 Å². The zero-order valence-corrected chi connectivity index (χ0v) is 16.5. The number of thiazole rings is 1. The van der Waals surface area contributed by atoms with Crippen molar-refractivity contribution in [3.63, 3.8) is 0 Å². The number of fused-ring (bicyclic) bond motifs is 2. The molecule has 3 aromatic rings. The van der Waals surface area contributed by atoms with Crippen molar-refractivity contribution in [2.24, 2.45) is 0 Å². The molecule has 0 bridgehead atoms. The van der Waals surface area contributed by atoms with E-state index >= 15 is 0 Å². The number of carbonyl (C=O) groups excluding carboxylic acids is 3. The summed E-state index contributed by atoms with van der Waals surface area (Å²) in [6.07, 6.45) is 0.594. The molecule has 1 aliphatic rings. The van der Waals surface area contributed by atoms with E-state index in [-0.39, 0.29) is 30.7 Å². The number of hydrogen-bond donors (Lipinski definition) is 1. The van der Waals surface area contributed by atoms with E-state index in [1.807, 2.05) is 24.3 Å². The molecule has 136 valence electrons. The van der Waals surface area contributed by atoms with Crippen molar-refractivity contribution in [2.75, 3.05) is 11.9 Å². The van der Waals surface area contributed by atoms with Crippen LogP contribution in [0.3, 0.4) is 0 Å². The maximum atomic E-state index is 12.4. The molecule has 0 saturated heterocycles. The van der Waals surface area contributed by atoms with Crippen LogP contribution in [0.1, 0.15) is 33.6 Å². The molecule has 0 unspecified atom stereocenters. The Labute approximate surface area is 167 Å². The number of hydrogen-bond acceptors (Lipinski definition) is 5. The van der Waals surface area contributed by atoms with Gasteiger partial charge in [0.25, 0.3) is 11.8 Å². The van der Waals surface area contributed by atoms with E-state index in [9.17, 15) is 14.4 Å². The largest absolute Gasteiger partial charge is 0.302 e. The van der Waals surface area contributed by atoms with Crippen LogP contribution in [0.4, 0.5) is 5.13 Å². The van der Waals surface area contributed by atoms with Gasteiger partial charge in [-0.3, -0.25) is 19.3 Å². The Balaban J connectivity index is 1.34. The lowest BCUT2D eigenvalue weighted by Crippen LogP contribution is -2.31. The van der Waals surface area contributed by atoms with Crippen molar-refractivity contribution in [3.8, 4) is 0 Å². The fourth-order valence-corrected chi connectivity index (χ4v) is 4.21. The molecule has 1 N–H and O–H groups in total. The van der Waals surface area contributed by atoms with Crippen LogP contribution < -0.4 is 5.32 Å². The maximum absolute atomic E-state index is 12.4. The summed E-state index contributed by atoms with van der Waals surface area (Å²) >= 11 is 4.72. The zero-order chi connectivity index (χ0) is 19.0. The molecular formula is C19H14BrN3O3S. The lowest BCUT2D eigenvalue weighted by molar-refractivity contribution is -0.116. The molecule has 2 heterocycles. The summed E-state index contributed by atoms with van der Waals surface area (Å²) in [6.45, 7) is 0.206. The second kappa shape index (κ2) is 7.21. The first kappa shape index (κ1) is 17.8. The predicted octanol–water partition coefficient (Wildman–Crippen LogP) is 4.07. The number of nitrogens with zero attached hydrogens (tertiary/aromatic N) is 2. The van der Waals surface area contributed by atoms with Gasteiger partial charge >= 0.3 is 0 Å². The van der Waals surface area contributed by atoms with Crippen LogP contribution in [-0.2, 0) is 4.79 Å². The number of halogens is 1. The van der Waals surface area contributed by atoms with Crippen LogP contribution in [0.5, 0.6) is 0 Å². The summed E-state index contributed by atoms with van der Waals surface area (Å²) < 4.78 is 1.75. The summed E-state index contributed by atoms with van der Waals surface area (Å²) in [4.78, 5) is 42.5. The standard InChI is InChI=1S/C19H14BrN3O3S/c20-11-7-8-12-13(10-11)18(26)23(17(12)25)9-3-6-16(24)22-19-21-14-4-1-2-5-15(14)27-19/h1-2,4-5,7-8,10H,3,6,9H2,(H,21,22,24). The Hall–Kier alpha value is -2.58. The molecule has 3 amide bonds. The van der Waals surface area contributed by atoms with E-state index < -0.39 is 0 Å². The van der Waals surface area contributed by atoms with E-state index in [1.54, 1.807) is 18.2 Å². The number of nitrogens with one attached hydrogen (secondary N) is 1. The molecule has 8 heteroatoms. The van der Waals surface area contributed by atoms with Gasteiger partial charge in [0.2, 0.25) is 5.91 Å². The van der Waals surface area contributed by atoms with Gasteiger partial charge in [-0.25, -0.2) is 4.98 Å². The molecule has 0 aliphatic carbocycles. The number of rotatable bonds is 5. The third-order valence-electron chi connectivity index (χ3n) is 4.26. The van der Waals surface area contributed by atoms with Gasteiger partial charge in [0.1, 0.15) is 0 Å². The second-order valence-corrected chi connectivity index (χ2v) is 8.04. The van der Waals surface area contributed by atoms with Crippen LogP contribution in [0.15, 0.2) is 46.9 Å². The Morgan fingerprint density at radius 1 is 1.11 bits per heavy atom. The third-order valence-corrected chi connectivity index (χ3v) is 5.70. The van der Waals surface area contributed by atoms with E-state index in [1.165, 1.54) is 16.2 Å². The van der Waals surface area contributed by atoms with Crippen LogP contribution in [-0.4, -0.2) is 34.2 Å². The highest BCUT2D eigenvalue weighted by molar-refractivity contribution is 9.10. The monoisotopic (exact) mass is 443 g/mol. The topological polar surface area (TPSA) is 79.4 Å². The van der Waals surface area contributed by atoms with Gasteiger partial charge < -0.3 is 5.32 Å². The predicted molar refractivity (Wildman–Crippen MR) is 107 cm³/mol. The SMILES string of the molecule is O=C(CCCN1C(=O)c2ccc(Br)cc2C1=O)Nc1nc2ccccc2s1. The molecule has 4 rings (SSSR count). The van der Waals surface area contributed by atoms with Gasteiger partial charge in [0, 0.05) is 17.4 Å². The number of amides is 3. The summed E-state index contributed by atoms with van der Waals surface area (Å²) in [5.41, 5.74) is 1.64. The van der Waals surface area contributed by atoms with Gasteiger partial charge in [0.15, 0.2) is 5.13 Å². The van der Waals surface area contributed by atoms with Crippen LogP contribution in [0.2, 0.25) is 0 Å². The lowest BCUT2D eigenvalue weighted by atomic mass is 10.1. The summed E-state index contributed by atoms with van der Waals surface area (Å²) in [6, 6.07) is 12.7. The summed E-state index contributed by atoms with van der Waals surface area (Å²) in [5.74, 6) is -0.814. The van der Waals surface area contributed by atoms with Crippen LogP contribution in [0, 0.1) is 0 Å². The van der Waals surface area contributed by atoms with Crippen molar-refractivity contribution >= 4 is 60.3 Å². The molecule has 0 spiro atoms. The molecule has 0 radical (unpaired) electrons. The highest BCUT2D eigenvalue weighted by atomic mass is 79.9. The average molecular weight is 444 g/mol. The molecule has 6 nitrogen and oxygen atoms in total. The van der Waals surface area contributed by atoms with Crippen molar-refractivity contribution in [1.82, 2.24) is 9.88 Å². The van der Waals surface area contributed by atoms with Gasteiger partial charge in [-0.15, -0.1) is 0 Å². The zero-order valence-electron chi connectivity index (χ0n) is 14.1. The molecule has 2 aromatic carbocycles.